The Labute approximate surface area is 415 Å². The number of Topliss-reactive ketones (excluding diaryl/α,β-unsaturated/α-hetero) is 2. The van der Waals surface area contributed by atoms with Crippen molar-refractivity contribution in [3.8, 4) is 45.6 Å². The number of amides is 2. The Kier molecular flexibility index (Phi) is 11.7. The molecule has 2 aliphatic rings. The van der Waals surface area contributed by atoms with Crippen LogP contribution >= 0.6 is 0 Å². The number of ketones is 2. The van der Waals surface area contributed by atoms with Crippen molar-refractivity contribution in [3.05, 3.63) is 144 Å². The molecule has 0 atom stereocenters. The summed E-state index contributed by atoms with van der Waals surface area (Å²) in [7, 11) is 2.99. The zero-order valence-corrected chi connectivity index (χ0v) is 40.3. The predicted octanol–water partition coefficient (Wildman–Crippen LogP) is 5.41. The summed E-state index contributed by atoms with van der Waals surface area (Å²) < 4.78 is 18.2. The minimum Gasteiger partial charge on any atom is -0.494 e. The Morgan fingerprint density at radius 1 is 0.548 bits per heavy atom. The van der Waals surface area contributed by atoms with Crippen LogP contribution in [0.5, 0.6) is 11.5 Å². The van der Waals surface area contributed by atoms with Crippen molar-refractivity contribution in [2.24, 2.45) is 0 Å². The number of carbonyl (C=O) groups is 4. The molecule has 2 aliphatic heterocycles. The SMILES string of the molecule is COc1cnc(-n2cnc(C)n2)c2[nH]cc(C(=O)C(=O)N3CCn4c(-c5cccc(C)c5)cnc4C3)c12.COc1cnc(-n2cnc(C)n2)c2[nH]cc(C(=O)C(=O)N3CCn4c(-c5ccccc5)cnc4C3)c12. The molecule has 0 spiro atoms. The van der Waals surface area contributed by atoms with Gasteiger partial charge in [0.05, 0.1) is 96.4 Å². The summed E-state index contributed by atoms with van der Waals surface area (Å²) in [5, 5.41) is 9.56. The van der Waals surface area contributed by atoms with Gasteiger partial charge in [-0.15, -0.1) is 0 Å². The second kappa shape index (κ2) is 18.6. The zero-order chi connectivity index (χ0) is 50.5. The Bertz CT molecular complexity index is 3780. The van der Waals surface area contributed by atoms with E-state index in [1.165, 1.54) is 65.9 Å². The summed E-state index contributed by atoms with van der Waals surface area (Å²) in [4.78, 5) is 89.0. The highest BCUT2D eigenvalue weighted by molar-refractivity contribution is 6.45. The van der Waals surface area contributed by atoms with E-state index in [-0.39, 0.29) is 24.2 Å². The molecule has 0 saturated heterocycles. The van der Waals surface area contributed by atoms with Crippen molar-refractivity contribution in [1.82, 2.24) is 78.4 Å². The molecule has 22 heteroatoms. The van der Waals surface area contributed by atoms with Gasteiger partial charge in [-0.2, -0.15) is 10.2 Å². The van der Waals surface area contributed by atoms with E-state index >= 15 is 0 Å². The van der Waals surface area contributed by atoms with Crippen molar-refractivity contribution in [2.75, 3.05) is 27.3 Å². The Hall–Kier alpha value is -9.60. The normalized spacial score (nSPS) is 13.1. The van der Waals surface area contributed by atoms with E-state index in [1.807, 2.05) is 54.9 Å². The molecule has 8 aromatic heterocycles. The summed E-state index contributed by atoms with van der Waals surface area (Å²) in [5.74, 6) is 1.86. The molecule has 0 bridgehead atoms. The fourth-order valence-corrected chi connectivity index (χ4v) is 9.38. The third-order valence-corrected chi connectivity index (χ3v) is 13.0. The van der Waals surface area contributed by atoms with Crippen LogP contribution < -0.4 is 9.47 Å². The Balaban J connectivity index is 0.000000157. The second-order valence-corrected chi connectivity index (χ2v) is 17.4. The highest BCUT2D eigenvalue weighted by Crippen LogP contribution is 2.34. The third-order valence-electron chi connectivity index (χ3n) is 13.0. The van der Waals surface area contributed by atoms with Gasteiger partial charge in [-0.3, -0.25) is 19.2 Å². The number of hydrogen-bond acceptors (Lipinski definition) is 14. The van der Waals surface area contributed by atoms with Gasteiger partial charge in [-0.1, -0.05) is 54.1 Å². The molecule has 0 radical (unpaired) electrons. The average Bonchev–Trinajstić information content (AvgIpc) is 4.30. The van der Waals surface area contributed by atoms with Gasteiger partial charge in [0.1, 0.15) is 47.5 Å². The maximum atomic E-state index is 13.5. The highest BCUT2D eigenvalue weighted by Gasteiger charge is 2.33. The number of ether oxygens (including phenoxy) is 2. The number of nitrogens with one attached hydrogen (secondary N) is 2. The monoisotopic (exact) mass is 978 g/mol. The van der Waals surface area contributed by atoms with Gasteiger partial charge in [-0.05, 0) is 32.4 Å². The molecule has 2 amide bonds. The molecule has 2 N–H and O–H groups in total. The van der Waals surface area contributed by atoms with Crippen molar-refractivity contribution in [1.29, 1.82) is 0 Å². The summed E-state index contributed by atoms with van der Waals surface area (Å²) in [6.07, 6.45) is 12.8. The van der Waals surface area contributed by atoms with Crippen LogP contribution in [0.25, 0.3) is 56.0 Å². The maximum absolute atomic E-state index is 13.5. The van der Waals surface area contributed by atoms with Crippen LogP contribution in [0.3, 0.4) is 0 Å². The van der Waals surface area contributed by atoms with Gasteiger partial charge in [0.15, 0.2) is 11.6 Å². The van der Waals surface area contributed by atoms with Gasteiger partial charge in [0.2, 0.25) is 0 Å². The van der Waals surface area contributed by atoms with E-state index in [0.717, 1.165) is 39.7 Å². The summed E-state index contributed by atoms with van der Waals surface area (Å²) in [5.41, 5.74) is 6.78. The lowest BCUT2D eigenvalue weighted by Crippen LogP contribution is -2.42. The van der Waals surface area contributed by atoms with E-state index in [0.29, 0.717) is 82.8 Å². The zero-order valence-electron chi connectivity index (χ0n) is 40.3. The molecule has 366 valence electrons. The average molecular weight is 979 g/mol. The van der Waals surface area contributed by atoms with Crippen LogP contribution in [-0.4, -0.2) is 129 Å². The van der Waals surface area contributed by atoms with E-state index in [1.54, 1.807) is 18.7 Å². The fraction of sp³-hybridized carbons (Fsp3) is 0.216. The van der Waals surface area contributed by atoms with Gasteiger partial charge in [0, 0.05) is 44.1 Å². The smallest absolute Gasteiger partial charge is 0.295 e. The first-order valence-corrected chi connectivity index (χ1v) is 23.2. The number of hydrogen-bond donors (Lipinski definition) is 2. The number of H-pyrrole nitrogens is 2. The first-order chi connectivity index (χ1) is 35.5. The first-order valence-electron chi connectivity index (χ1n) is 23.2. The van der Waals surface area contributed by atoms with Gasteiger partial charge in [0.25, 0.3) is 23.4 Å². The molecule has 0 unspecified atom stereocenters. The third kappa shape index (κ3) is 8.22. The molecular formula is C51H46N16O6. The number of rotatable bonds is 10. The number of pyridine rings is 2. The number of carbonyl (C=O) groups excluding carboxylic acids is 4. The number of benzene rings is 2. The van der Waals surface area contributed by atoms with E-state index in [4.69, 9.17) is 9.47 Å². The van der Waals surface area contributed by atoms with E-state index in [2.05, 4.69) is 78.3 Å². The number of fused-ring (bicyclic) bond motifs is 4. The van der Waals surface area contributed by atoms with Crippen molar-refractivity contribution in [2.45, 2.75) is 47.0 Å². The molecule has 10 heterocycles. The van der Waals surface area contributed by atoms with Gasteiger partial charge in [-0.25, -0.2) is 39.3 Å². The number of methoxy groups -OCH3 is 2. The van der Waals surface area contributed by atoms with E-state index in [9.17, 15) is 19.2 Å². The lowest BCUT2D eigenvalue weighted by Gasteiger charge is -2.28. The van der Waals surface area contributed by atoms with Crippen LogP contribution in [0.2, 0.25) is 0 Å². The minimum absolute atomic E-state index is 0.214. The maximum Gasteiger partial charge on any atom is 0.295 e. The standard InChI is InChI=1S/C26H24N8O3.C25H22N8O3/c1-15-5-4-6-17(9-15)19-11-27-21-13-32(7-8-33(19)21)26(36)24(35)18-10-28-23-22(18)20(37-3)12-29-25(23)34-14-30-16(2)31-34;1-15-29-14-33(30-15)24-22-21(19(36-2)12-28-24)17(10-27-22)23(34)25(35)31-8-9-32-18(11-26-20(32)13-31)16-6-4-3-5-7-16/h4-6,9-12,14,28H,7-8,13H2,1-3H3;3-7,10-12,14,27H,8-9,13H2,1-2H3. The quantitative estimate of drug-likeness (QED) is 0.129. The van der Waals surface area contributed by atoms with Crippen LogP contribution in [0.15, 0.2) is 104 Å². The van der Waals surface area contributed by atoms with Crippen molar-refractivity contribution in [3.63, 3.8) is 0 Å². The number of nitrogens with zero attached hydrogens (tertiary/aromatic N) is 14. The summed E-state index contributed by atoms with van der Waals surface area (Å²) >= 11 is 0. The lowest BCUT2D eigenvalue weighted by atomic mass is 10.1. The Morgan fingerprint density at radius 3 is 1.48 bits per heavy atom. The van der Waals surface area contributed by atoms with E-state index < -0.39 is 23.4 Å². The highest BCUT2D eigenvalue weighted by atomic mass is 16.5. The minimum atomic E-state index is -0.630. The van der Waals surface area contributed by atoms with Crippen LogP contribution in [0.1, 0.15) is 49.6 Å². The Morgan fingerprint density at radius 2 is 1.03 bits per heavy atom. The lowest BCUT2D eigenvalue weighted by molar-refractivity contribution is -0.128. The fourth-order valence-electron chi connectivity index (χ4n) is 9.38. The van der Waals surface area contributed by atoms with Crippen LogP contribution in [0, 0.1) is 20.8 Å². The molecule has 0 saturated carbocycles. The largest absolute Gasteiger partial charge is 0.494 e. The predicted molar refractivity (Wildman–Crippen MR) is 264 cm³/mol. The number of aromatic amines is 2. The van der Waals surface area contributed by atoms with Crippen LogP contribution in [-0.2, 0) is 35.8 Å². The molecule has 12 rings (SSSR count). The first kappa shape index (κ1) is 45.8. The second-order valence-electron chi connectivity index (χ2n) is 17.4. The molecule has 10 aromatic rings. The number of aromatic nitrogens is 14. The molecule has 0 fully saturated rings. The van der Waals surface area contributed by atoms with Gasteiger partial charge >= 0.3 is 0 Å². The molecular weight excluding hydrogens is 933 g/mol. The van der Waals surface area contributed by atoms with Gasteiger partial charge < -0.3 is 38.4 Å². The molecule has 73 heavy (non-hydrogen) atoms. The molecule has 2 aromatic carbocycles. The number of aryl methyl sites for hydroxylation is 3. The topological polar surface area (TPSA) is 248 Å². The molecule has 22 nitrogen and oxygen atoms in total. The summed E-state index contributed by atoms with van der Waals surface area (Å²) in [6.45, 7) is 8.00. The van der Waals surface area contributed by atoms with Crippen molar-refractivity contribution < 1.29 is 28.7 Å². The summed E-state index contributed by atoms with van der Waals surface area (Å²) in [6, 6.07) is 18.2. The van der Waals surface area contributed by atoms with Crippen molar-refractivity contribution >= 4 is 45.2 Å². The van der Waals surface area contributed by atoms with Crippen LogP contribution in [0.4, 0.5) is 0 Å². The molecule has 0 aliphatic carbocycles. The number of imidazole rings is 2.